The number of benzene rings is 2. The van der Waals surface area contributed by atoms with Crippen LogP contribution in [-0.2, 0) is 16.6 Å². The molecule has 0 heterocycles. The molecule has 0 atom stereocenters. The summed E-state index contributed by atoms with van der Waals surface area (Å²) in [6.07, 6.45) is -5.03. The Kier molecular flexibility index (Phi) is 6.60. The van der Waals surface area contributed by atoms with Crippen LogP contribution in [0.1, 0.15) is 5.56 Å². The van der Waals surface area contributed by atoms with Gasteiger partial charge in [-0.25, -0.2) is 13.1 Å². The lowest BCUT2D eigenvalue weighted by Gasteiger charge is -2.15. The second-order valence-corrected chi connectivity index (χ2v) is 7.80. The summed E-state index contributed by atoms with van der Waals surface area (Å²) in [5.74, 6) is 0.00787. The number of alkyl halides is 3. The van der Waals surface area contributed by atoms with Gasteiger partial charge in [0.2, 0.25) is 10.0 Å². The molecule has 6 nitrogen and oxygen atoms in total. The normalized spacial score (nSPS) is 11.9. The summed E-state index contributed by atoms with van der Waals surface area (Å²) in [5, 5.41) is 0. The van der Waals surface area contributed by atoms with Gasteiger partial charge in [-0.3, -0.25) is 0 Å². The fourth-order valence-corrected chi connectivity index (χ4v) is 3.62. The van der Waals surface area contributed by atoms with Gasteiger partial charge in [-0.1, -0.05) is 22.0 Å². The third-order valence-corrected chi connectivity index (χ3v) is 5.27. The van der Waals surface area contributed by atoms with Crippen molar-refractivity contribution in [3.8, 4) is 17.2 Å². The number of hydrogen-bond donors (Lipinski definition) is 1. The zero-order valence-corrected chi connectivity index (χ0v) is 16.5. The van der Waals surface area contributed by atoms with Crippen LogP contribution in [0, 0.1) is 0 Å². The van der Waals surface area contributed by atoms with E-state index in [0.29, 0.717) is 17.1 Å². The molecule has 0 unspecified atom stereocenters. The van der Waals surface area contributed by atoms with E-state index >= 15 is 0 Å². The van der Waals surface area contributed by atoms with Crippen molar-refractivity contribution in [2.45, 2.75) is 17.8 Å². The average Bonchev–Trinajstić information content (AvgIpc) is 2.58. The first-order chi connectivity index (χ1) is 12.6. The van der Waals surface area contributed by atoms with Gasteiger partial charge in [-0.05, 0) is 35.9 Å². The monoisotopic (exact) mass is 469 g/mol. The van der Waals surface area contributed by atoms with Gasteiger partial charge in [0.15, 0.2) is 17.2 Å². The molecule has 0 aliphatic rings. The Morgan fingerprint density at radius 2 is 1.67 bits per heavy atom. The maximum atomic E-state index is 12.6. The predicted molar refractivity (Wildman–Crippen MR) is 94.4 cm³/mol. The van der Waals surface area contributed by atoms with Crippen molar-refractivity contribution >= 4 is 26.0 Å². The van der Waals surface area contributed by atoms with E-state index in [0.717, 1.165) is 12.1 Å². The SMILES string of the molecule is COc1ccc(CNS(=O)(=O)c2ccc(Br)cc2OC(F)(F)F)cc1OC. The van der Waals surface area contributed by atoms with Crippen molar-refractivity contribution in [1.29, 1.82) is 0 Å². The minimum absolute atomic E-state index is 0.176. The van der Waals surface area contributed by atoms with Gasteiger partial charge in [0, 0.05) is 11.0 Å². The first-order valence-corrected chi connectivity index (χ1v) is 9.59. The average molecular weight is 470 g/mol. The van der Waals surface area contributed by atoms with E-state index in [9.17, 15) is 21.6 Å². The van der Waals surface area contributed by atoms with Gasteiger partial charge in [0.25, 0.3) is 0 Å². The second-order valence-electron chi connectivity index (χ2n) is 5.15. The molecule has 11 heteroatoms. The molecule has 2 aromatic rings. The summed E-state index contributed by atoms with van der Waals surface area (Å²) in [6.45, 7) is -0.176. The number of nitrogens with one attached hydrogen (secondary N) is 1. The van der Waals surface area contributed by atoms with Gasteiger partial charge < -0.3 is 14.2 Å². The molecular formula is C16H15BrF3NO5S. The Bertz CT molecular complexity index is 919. The summed E-state index contributed by atoms with van der Waals surface area (Å²) in [7, 11) is -1.40. The molecule has 2 aromatic carbocycles. The number of methoxy groups -OCH3 is 2. The first kappa shape index (κ1) is 21.3. The van der Waals surface area contributed by atoms with Crippen molar-refractivity contribution in [2.75, 3.05) is 14.2 Å². The molecule has 1 N–H and O–H groups in total. The van der Waals surface area contributed by atoms with Crippen molar-refractivity contribution in [3.63, 3.8) is 0 Å². The predicted octanol–water partition coefficient (Wildman–Crippen LogP) is 3.84. The van der Waals surface area contributed by atoms with Crippen molar-refractivity contribution < 1.29 is 35.8 Å². The fraction of sp³-hybridized carbons (Fsp3) is 0.250. The zero-order chi connectivity index (χ0) is 20.2. The van der Waals surface area contributed by atoms with Crippen LogP contribution >= 0.6 is 15.9 Å². The molecule has 0 saturated carbocycles. The molecule has 0 aliphatic heterocycles. The molecule has 0 amide bonds. The van der Waals surface area contributed by atoms with Crippen LogP contribution in [0.2, 0.25) is 0 Å². The third kappa shape index (κ3) is 5.75. The number of rotatable bonds is 7. The fourth-order valence-electron chi connectivity index (χ4n) is 2.16. The zero-order valence-electron chi connectivity index (χ0n) is 14.1. The van der Waals surface area contributed by atoms with Gasteiger partial charge in [0.1, 0.15) is 4.90 Å². The Morgan fingerprint density at radius 1 is 1.00 bits per heavy atom. The summed E-state index contributed by atoms with van der Waals surface area (Å²) < 4.78 is 79.2. The number of halogens is 4. The van der Waals surface area contributed by atoms with Crippen LogP contribution in [0.15, 0.2) is 45.8 Å². The Hall–Kier alpha value is -1.98. The highest BCUT2D eigenvalue weighted by Gasteiger charge is 2.34. The minimum Gasteiger partial charge on any atom is -0.493 e. The van der Waals surface area contributed by atoms with Gasteiger partial charge in [-0.15, -0.1) is 13.2 Å². The Labute approximate surface area is 162 Å². The maximum absolute atomic E-state index is 12.6. The summed E-state index contributed by atoms with van der Waals surface area (Å²) in [5.41, 5.74) is 0.520. The molecule has 0 fully saturated rings. The highest BCUT2D eigenvalue weighted by Crippen LogP contribution is 2.32. The summed E-state index contributed by atoms with van der Waals surface area (Å²) in [4.78, 5) is -0.636. The van der Waals surface area contributed by atoms with Crippen molar-refractivity contribution in [1.82, 2.24) is 4.72 Å². The lowest BCUT2D eigenvalue weighted by atomic mass is 10.2. The molecule has 0 aliphatic carbocycles. The van der Waals surface area contributed by atoms with Crippen LogP contribution in [0.5, 0.6) is 17.2 Å². The molecule has 0 spiro atoms. The lowest BCUT2D eigenvalue weighted by molar-refractivity contribution is -0.275. The maximum Gasteiger partial charge on any atom is 0.573 e. The van der Waals surface area contributed by atoms with E-state index in [1.165, 1.54) is 20.3 Å². The largest absolute Gasteiger partial charge is 0.573 e. The van der Waals surface area contributed by atoms with Crippen LogP contribution in [0.4, 0.5) is 13.2 Å². The summed E-state index contributed by atoms with van der Waals surface area (Å²) in [6, 6.07) is 7.98. The first-order valence-electron chi connectivity index (χ1n) is 7.31. The highest BCUT2D eigenvalue weighted by molar-refractivity contribution is 9.10. The van der Waals surface area contributed by atoms with E-state index in [4.69, 9.17) is 9.47 Å². The smallest absolute Gasteiger partial charge is 0.493 e. The highest BCUT2D eigenvalue weighted by atomic mass is 79.9. The third-order valence-electron chi connectivity index (χ3n) is 3.34. The van der Waals surface area contributed by atoms with E-state index in [2.05, 4.69) is 25.4 Å². The molecule has 0 saturated heterocycles. The number of sulfonamides is 1. The lowest BCUT2D eigenvalue weighted by Crippen LogP contribution is -2.25. The van der Waals surface area contributed by atoms with E-state index in [1.807, 2.05) is 0 Å². The van der Waals surface area contributed by atoms with E-state index in [-0.39, 0.29) is 11.0 Å². The van der Waals surface area contributed by atoms with Gasteiger partial charge >= 0.3 is 6.36 Å². The Balaban J connectivity index is 2.27. The van der Waals surface area contributed by atoms with Crippen LogP contribution in [-0.4, -0.2) is 29.0 Å². The van der Waals surface area contributed by atoms with Crippen molar-refractivity contribution in [2.24, 2.45) is 0 Å². The van der Waals surface area contributed by atoms with E-state index < -0.39 is 27.0 Å². The number of ether oxygens (including phenoxy) is 3. The molecule has 148 valence electrons. The number of hydrogen-bond acceptors (Lipinski definition) is 5. The molecule has 0 bridgehead atoms. The van der Waals surface area contributed by atoms with Crippen LogP contribution in [0.3, 0.4) is 0 Å². The Morgan fingerprint density at radius 3 is 2.26 bits per heavy atom. The van der Waals surface area contributed by atoms with Gasteiger partial charge in [0.05, 0.1) is 14.2 Å². The second kappa shape index (κ2) is 8.36. The quantitative estimate of drug-likeness (QED) is 0.666. The van der Waals surface area contributed by atoms with E-state index in [1.54, 1.807) is 18.2 Å². The minimum atomic E-state index is -5.03. The van der Waals surface area contributed by atoms with Crippen LogP contribution < -0.4 is 18.9 Å². The standard InChI is InChI=1S/C16H15BrF3NO5S/c1-24-12-5-3-10(7-13(12)25-2)9-21-27(22,23)15-6-4-11(17)8-14(15)26-16(18,19)20/h3-8,21H,9H2,1-2H3. The molecule has 27 heavy (non-hydrogen) atoms. The van der Waals surface area contributed by atoms with Crippen molar-refractivity contribution in [3.05, 3.63) is 46.4 Å². The van der Waals surface area contributed by atoms with Crippen LogP contribution in [0.25, 0.3) is 0 Å². The molecular weight excluding hydrogens is 455 g/mol. The molecule has 0 aromatic heterocycles. The topological polar surface area (TPSA) is 73.9 Å². The molecule has 0 radical (unpaired) electrons. The van der Waals surface area contributed by atoms with Gasteiger partial charge in [-0.2, -0.15) is 0 Å². The molecule has 2 rings (SSSR count). The summed E-state index contributed by atoms with van der Waals surface area (Å²) >= 11 is 2.99.